The molecular weight excluding hydrogens is 225 g/mol. The molecular formula is C16H20FN. The molecule has 0 amide bonds. The van der Waals surface area contributed by atoms with Gasteiger partial charge in [0.1, 0.15) is 5.82 Å². The molecule has 3 aliphatic carbocycles. The van der Waals surface area contributed by atoms with Crippen molar-refractivity contribution in [1.29, 1.82) is 0 Å². The predicted octanol–water partition coefficient (Wildman–Crippen LogP) is 3.39. The zero-order valence-corrected chi connectivity index (χ0v) is 10.7. The highest BCUT2D eigenvalue weighted by molar-refractivity contribution is 5.34. The van der Waals surface area contributed by atoms with Crippen LogP contribution in [0.25, 0.3) is 0 Å². The fourth-order valence-corrected chi connectivity index (χ4v) is 3.84. The molecule has 0 aliphatic heterocycles. The molecule has 2 heteroatoms. The largest absolute Gasteiger partial charge is 0.313 e. The Hall–Kier alpha value is -0.890. The molecule has 1 aromatic rings. The summed E-state index contributed by atoms with van der Waals surface area (Å²) in [5.41, 5.74) is 1.65. The third kappa shape index (κ3) is 1.70. The maximum atomic E-state index is 14.1. The summed E-state index contributed by atoms with van der Waals surface area (Å²) < 4.78 is 14.1. The second-order valence-electron chi connectivity index (χ2n) is 6.77. The molecule has 3 saturated carbocycles. The van der Waals surface area contributed by atoms with Crippen LogP contribution in [0.1, 0.15) is 44.1 Å². The number of nitrogens with one attached hydrogen (secondary N) is 1. The predicted molar refractivity (Wildman–Crippen MR) is 70.0 cm³/mol. The van der Waals surface area contributed by atoms with Crippen molar-refractivity contribution in [2.45, 2.75) is 50.0 Å². The number of hydrogen-bond donors (Lipinski definition) is 1. The van der Waals surface area contributed by atoms with Crippen molar-refractivity contribution in [1.82, 2.24) is 5.32 Å². The zero-order chi connectivity index (χ0) is 12.2. The van der Waals surface area contributed by atoms with Gasteiger partial charge in [-0.15, -0.1) is 0 Å². The van der Waals surface area contributed by atoms with E-state index in [0.29, 0.717) is 11.5 Å². The molecule has 1 N–H and O–H groups in total. The summed E-state index contributed by atoms with van der Waals surface area (Å²) in [6.45, 7) is 0.973. The molecule has 0 bridgehead atoms. The van der Waals surface area contributed by atoms with Gasteiger partial charge in [-0.25, -0.2) is 4.39 Å². The first-order chi connectivity index (χ1) is 8.72. The van der Waals surface area contributed by atoms with Gasteiger partial charge >= 0.3 is 0 Å². The lowest BCUT2D eigenvalue weighted by atomic mass is 9.56. The van der Waals surface area contributed by atoms with Gasteiger partial charge in [0.2, 0.25) is 0 Å². The van der Waals surface area contributed by atoms with Crippen molar-refractivity contribution in [3.05, 3.63) is 35.6 Å². The van der Waals surface area contributed by atoms with Crippen molar-refractivity contribution in [2.24, 2.45) is 5.41 Å². The molecule has 0 unspecified atom stereocenters. The van der Waals surface area contributed by atoms with Crippen molar-refractivity contribution in [3.63, 3.8) is 0 Å². The highest BCUT2D eigenvalue weighted by atomic mass is 19.1. The van der Waals surface area contributed by atoms with Gasteiger partial charge in [0.15, 0.2) is 0 Å². The van der Waals surface area contributed by atoms with E-state index >= 15 is 0 Å². The first-order valence-corrected chi connectivity index (χ1v) is 7.20. The minimum absolute atomic E-state index is 0.00871. The van der Waals surface area contributed by atoms with Crippen molar-refractivity contribution in [3.8, 4) is 0 Å². The van der Waals surface area contributed by atoms with Gasteiger partial charge in [-0.2, -0.15) is 0 Å². The van der Waals surface area contributed by atoms with E-state index in [1.54, 1.807) is 12.1 Å². The summed E-state index contributed by atoms with van der Waals surface area (Å²) in [6, 6.07) is 8.11. The lowest BCUT2D eigenvalue weighted by molar-refractivity contribution is 0.112. The summed E-state index contributed by atoms with van der Waals surface area (Å²) in [5, 5.41) is 3.62. The van der Waals surface area contributed by atoms with Gasteiger partial charge in [0.05, 0.1) is 0 Å². The molecule has 3 aliphatic rings. The van der Waals surface area contributed by atoms with Gasteiger partial charge in [0, 0.05) is 18.0 Å². The second kappa shape index (κ2) is 3.57. The Morgan fingerprint density at radius 2 is 1.89 bits per heavy atom. The fourth-order valence-electron chi connectivity index (χ4n) is 3.84. The van der Waals surface area contributed by atoms with Gasteiger partial charge in [-0.3, -0.25) is 0 Å². The molecule has 96 valence electrons. The van der Waals surface area contributed by atoms with E-state index in [4.69, 9.17) is 0 Å². The summed E-state index contributed by atoms with van der Waals surface area (Å²) in [4.78, 5) is 0. The molecule has 1 nitrogen and oxygen atoms in total. The summed E-state index contributed by atoms with van der Waals surface area (Å²) in [5.74, 6) is -0.00871. The number of benzene rings is 1. The summed E-state index contributed by atoms with van der Waals surface area (Å²) in [7, 11) is 0. The van der Waals surface area contributed by atoms with Crippen molar-refractivity contribution in [2.75, 3.05) is 6.54 Å². The fraction of sp³-hybridized carbons (Fsp3) is 0.625. The van der Waals surface area contributed by atoms with Crippen LogP contribution in [0, 0.1) is 11.2 Å². The molecule has 0 heterocycles. The lowest BCUT2D eigenvalue weighted by Crippen LogP contribution is -2.50. The third-order valence-electron chi connectivity index (χ3n) is 5.14. The standard InChI is InChI=1S/C16H20FN/c17-14-4-2-1-3-13(14)16(11-18-12-5-6-12)9-15(10-16)7-8-15/h1-4,12,18H,5-11H2. The Bertz CT molecular complexity index is 466. The molecule has 18 heavy (non-hydrogen) atoms. The van der Waals surface area contributed by atoms with Crippen LogP contribution in [0.3, 0.4) is 0 Å². The smallest absolute Gasteiger partial charge is 0.127 e. The van der Waals surface area contributed by atoms with Crippen molar-refractivity contribution < 1.29 is 4.39 Å². The summed E-state index contributed by atoms with van der Waals surface area (Å²) in [6.07, 6.45) is 7.73. The average Bonchev–Trinajstić information content (AvgIpc) is 3.20. The van der Waals surface area contributed by atoms with Crippen LogP contribution in [0.2, 0.25) is 0 Å². The van der Waals surface area contributed by atoms with E-state index in [2.05, 4.69) is 5.32 Å². The SMILES string of the molecule is Fc1ccccc1C1(CNC2CC2)CC2(CC2)C1. The van der Waals surface area contributed by atoms with E-state index in [0.717, 1.165) is 12.1 Å². The van der Waals surface area contributed by atoms with Gasteiger partial charge in [-0.1, -0.05) is 18.2 Å². The second-order valence-corrected chi connectivity index (χ2v) is 6.77. The number of rotatable bonds is 4. The zero-order valence-electron chi connectivity index (χ0n) is 10.7. The molecule has 1 aromatic carbocycles. The maximum Gasteiger partial charge on any atom is 0.127 e. The Morgan fingerprint density at radius 3 is 2.50 bits per heavy atom. The van der Waals surface area contributed by atoms with Gasteiger partial charge in [0.25, 0.3) is 0 Å². The number of halogens is 1. The van der Waals surface area contributed by atoms with Crippen molar-refractivity contribution >= 4 is 0 Å². The normalized spacial score (nSPS) is 26.9. The van der Waals surface area contributed by atoms with Gasteiger partial charge in [-0.05, 0) is 55.6 Å². The lowest BCUT2D eigenvalue weighted by Gasteiger charge is -2.49. The van der Waals surface area contributed by atoms with Gasteiger partial charge < -0.3 is 5.32 Å². The minimum Gasteiger partial charge on any atom is -0.313 e. The van der Waals surface area contributed by atoms with E-state index in [1.807, 2.05) is 12.1 Å². The van der Waals surface area contributed by atoms with Crippen LogP contribution >= 0.6 is 0 Å². The van der Waals surface area contributed by atoms with E-state index < -0.39 is 0 Å². The van der Waals surface area contributed by atoms with Crippen LogP contribution in [-0.2, 0) is 5.41 Å². The average molecular weight is 245 g/mol. The first-order valence-electron chi connectivity index (χ1n) is 7.20. The third-order valence-corrected chi connectivity index (χ3v) is 5.14. The maximum absolute atomic E-state index is 14.1. The van der Waals surface area contributed by atoms with E-state index in [9.17, 15) is 4.39 Å². The molecule has 4 rings (SSSR count). The van der Waals surface area contributed by atoms with Crippen LogP contribution < -0.4 is 5.32 Å². The van der Waals surface area contributed by atoms with E-state index in [-0.39, 0.29) is 11.2 Å². The van der Waals surface area contributed by atoms with E-state index in [1.165, 1.54) is 38.5 Å². The highest BCUT2D eigenvalue weighted by Gasteiger charge is 2.61. The van der Waals surface area contributed by atoms with Crippen LogP contribution in [0.4, 0.5) is 4.39 Å². The molecule has 3 fully saturated rings. The Kier molecular flexibility index (Phi) is 2.18. The van der Waals surface area contributed by atoms with Crippen LogP contribution in [0.5, 0.6) is 0 Å². The Morgan fingerprint density at radius 1 is 1.17 bits per heavy atom. The molecule has 0 saturated heterocycles. The van der Waals surface area contributed by atoms with Crippen LogP contribution in [-0.4, -0.2) is 12.6 Å². The van der Waals surface area contributed by atoms with Crippen LogP contribution in [0.15, 0.2) is 24.3 Å². The summed E-state index contributed by atoms with van der Waals surface area (Å²) >= 11 is 0. The molecule has 0 radical (unpaired) electrons. The quantitative estimate of drug-likeness (QED) is 0.857. The molecule has 0 aromatic heterocycles. The Labute approximate surface area is 108 Å². The topological polar surface area (TPSA) is 12.0 Å². The monoisotopic (exact) mass is 245 g/mol. The highest BCUT2D eigenvalue weighted by Crippen LogP contribution is 2.69. The minimum atomic E-state index is -0.00871. The molecule has 0 atom stereocenters. The molecule has 1 spiro atoms. The Balaban J connectivity index is 1.60. The number of hydrogen-bond acceptors (Lipinski definition) is 1. The first kappa shape index (κ1) is 11.0.